The summed E-state index contributed by atoms with van der Waals surface area (Å²) in [7, 11) is 1.73. The van der Waals surface area contributed by atoms with Crippen LogP contribution in [0.25, 0.3) is 42.9 Å². The average Bonchev–Trinajstić information content (AvgIpc) is 3.29. The van der Waals surface area contributed by atoms with E-state index in [0.29, 0.717) is 5.02 Å². The number of aliphatic carboxylic acids is 1. The normalized spacial score (nSPS) is 11.5. The lowest BCUT2D eigenvalue weighted by molar-refractivity contribution is -0.136. The minimum Gasteiger partial charge on any atom is -0.481 e. The van der Waals surface area contributed by atoms with Crippen LogP contribution in [0.4, 0.5) is 0 Å². The Morgan fingerprint density at radius 3 is 2.59 bits per heavy atom. The number of hydrogen-bond donors (Lipinski definition) is 2. The molecule has 8 heteroatoms. The Labute approximate surface area is 191 Å². The van der Waals surface area contributed by atoms with Gasteiger partial charge in [-0.2, -0.15) is 0 Å². The van der Waals surface area contributed by atoms with Crippen molar-refractivity contribution < 1.29 is 9.90 Å². The first-order valence-electron chi connectivity index (χ1n) is 9.91. The third-order valence-electron chi connectivity index (χ3n) is 5.62. The smallest absolute Gasteiger partial charge is 0.326 e. The molecule has 5 rings (SSSR count). The number of fused-ring (bicyclic) bond motifs is 2. The molecule has 3 aromatic carbocycles. The fourth-order valence-electron chi connectivity index (χ4n) is 4.03. The van der Waals surface area contributed by atoms with Gasteiger partial charge in [-0.1, -0.05) is 23.7 Å². The molecule has 0 fully saturated rings. The van der Waals surface area contributed by atoms with Crippen molar-refractivity contribution in [2.45, 2.75) is 13.3 Å². The maximum atomic E-state index is 12.0. The maximum Gasteiger partial charge on any atom is 0.326 e. The fraction of sp³-hybridized carbons (Fsp3) is 0.125. The van der Waals surface area contributed by atoms with Crippen molar-refractivity contribution in [1.82, 2.24) is 14.5 Å². The van der Waals surface area contributed by atoms with Gasteiger partial charge in [0.25, 0.3) is 0 Å². The van der Waals surface area contributed by atoms with Gasteiger partial charge in [0.1, 0.15) is 5.01 Å². The van der Waals surface area contributed by atoms with Gasteiger partial charge in [0.2, 0.25) is 0 Å². The van der Waals surface area contributed by atoms with Crippen LogP contribution in [0.1, 0.15) is 11.1 Å². The summed E-state index contributed by atoms with van der Waals surface area (Å²) in [4.78, 5) is 31.3. The van der Waals surface area contributed by atoms with Crippen molar-refractivity contribution in [2.75, 3.05) is 0 Å². The highest BCUT2D eigenvalue weighted by Gasteiger charge is 2.19. The van der Waals surface area contributed by atoms with E-state index in [1.807, 2.05) is 43.3 Å². The third-order valence-corrected chi connectivity index (χ3v) is 7.01. The summed E-state index contributed by atoms with van der Waals surface area (Å²) < 4.78 is 2.49. The van der Waals surface area contributed by atoms with Crippen LogP contribution in [0.3, 0.4) is 0 Å². The number of benzene rings is 3. The van der Waals surface area contributed by atoms with E-state index < -0.39 is 5.97 Å². The number of carboxylic acids is 1. The zero-order chi connectivity index (χ0) is 22.6. The van der Waals surface area contributed by atoms with Crippen LogP contribution in [0.5, 0.6) is 0 Å². The van der Waals surface area contributed by atoms with Crippen LogP contribution in [-0.2, 0) is 18.3 Å². The highest BCUT2D eigenvalue weighted by atomic mass is 35.5. The van der Waals surface area contributed by atoms with Crippen LogP contribution >= 0.6 is 22.9 Å². The number of H-pyrrole nitrogens is 1. The Morgan fingerprint density at radius 1 is 1.16 bits per heavy atom. The molecule has 0 radical (unpaired) electrons. The molecule has 0 amide bonds. The number of carboxylic acid groups (broad SMARTS) is 1. The van der Waals surface area contributed by atoms with E-state index in [-0.39, 0.29) is 12.1 Å². The standard InChI is InChI=1S/C24H18ClN3O3S/c1-12-9-18-22(21(16(12)11-20(29)30)13-3-6-15(25)7-4-13)32-23(26-18)14-5-8-19-17(10-14)27-24(31)28(19)2/h3-10H,11H2,1-2H3,(H,27,31)(H,29,30). The van der Waals surface area contributed by atoms with E-state index in [1.54, 1.807) is 23.7 Å². The first-order chi connectivity index (χ1) is 15.3. The molecule has 0 saturated heterocycles. The van der Waals surface area contributed by atoms with Gasteiger partial charge >= 0.3 is 11.7 Å². The highest BCUT2D eigenvalue weighted by Crippen LogP contribution is 2.41. The quantitative estimate of drug-likeness (QED) is 0.373. The minimum absolute atomic E-state index is 0.0792. The molecule has 32 heavy (non-hydrogen) atoms. The van der Waals surface area contributed by atoms with Crippen LogP contribution < -0.4 is 5.69 Å². The van der Waals surface area contributed by atoms with Crippen LogP contribution in [0.15, 0.2) is 53.3 Å². The second-order valence-electron chi connectivity index (χ2n) is 7.71. The van der Waals surface area contributed by atoms with Gasteiger partial charge < -0.3 is 10.1 Å². The van der Waals surface area contributed by atoms with Crippen molar-refractivity contribution in [1.29, 1.82) is 0 Å². The minimum atomic E-state index is -0.883. The number of nitrogens with one attached hydrogen (secondary N) is 1. The molecule has 0 atom stereocenters. The Bertz CT molecular complexity index is 1580. The lowest BCUT2D eigenvalue weighted by atomic mass is 9.93. The summed E-state index contributed by atoms with van der Waals surface area (Å²) in [6.07, 6.45) is -0.0792. The second kappa shape index (κ2) is 7.62. The molecule has 0 spiro atoms. The molecular weight excluding hydrogens is 446 g/mol. The zero-order valence-electron chi connectivity index (χ0n) is 17.3. The topological polar surface area (TPSA) is 88.0 Å². The molecule has 0 saturated carbocycles. The fourth-order valence-corrected chi connectivity index (χ4v) is 5.29. The van der Waals surface area contributed by atoms with E-state index in [0.717, 1.165) is 54.1 Å². The van der Waals surface area contributed by atoms with Gasteiger partial charge in [0, 0.05) is 23.2 Å². The first kappa shape index (κ1) is 20.5. The largest absolute Gasteiger partial charge is 0.481 e. The summed E-state index contributed by atoms with van der Waals surface area (Å²) in [5.74, 6) is -0.883. The van der Waals surface area contributed by atoms with Gasteiger partial charge in [-0.15, -0.1) is 11.3 Å². The average molecular weight is 464 g/mol. The second-order valence-corrected chi connectivity index (χ2v) is 9.15. The molecule has 160 valence electrons. The van der Waals surface area contributed by atoms with Crippen LogP contribution in [0.2, 0.25) is 5.02 Å². The van der Waals surface area contributed by atoms with Crippen molar-refractivity contribution in [3.05, 3.63) is 75.2 Å². The molecular formula is C24H18ClN3O3S. The number of aryl methyl sites for hydroxylation is 2. The first-order valence-corrected chi connectivity index (χ1v) is 11.1. The van der Waals surface area contributed by atoms with Crippen molar-refractivity contribution >= 4 is 50.2 Å². The van der Waals surface area contributed by atoms with Crippen molar-refractivity contribution in [2.24, 2.45) is 7.05 Å². The Morgan fingerprint density at radius 2 is 1.88 bits per heavy atom. The summed E-state index contributed by atoms with van der Waals surface area (Å²) in [5.41, 5.74) is 6.52. The number of halogens is 1. The van der Waals surface area contributed by atoms with Crippen LogP contribution in [-0.4, -0.2) is 25.6 Å². The molecule has 2 N–H and O–H groups in total. The molecule has 0 aliphatic carbocycles. The number of nitrogens with zero attached hydrogens (tertiary/aromatic N) is 2. The zero-order valence-corrected chi connectivity index (χ0v) is 18.8. The lowest BCUT2D eigenvalue weighted by Crippen LogP contribution is -2.11. The molecule has 0 unspecified atom stereocenters. The number of hydrogen-bond acceptors (Lipinski definition) is 4. The van der Waals surface area contributed by atoms with Crippen molar-refractivity contribution in [3.8, 4) is 21.7 Å². The predicted molar refractivity (Wildman–Crippen MR) is 129 cm³/mol. The van der Waals surface area contributed by atoms with E-state index >= 15 is 0 Å². The van der Waals surface area contributed by atoms with Gasteiger partial charge in [0.05, 0.1) is 27.7 Å². The van der Waals surface area contributed by atoms with Gasteiger partial charge in [-0.3, -0.25) is 9.36 Å². The number of thiazole rings is 1. The van der Waals surface area contributed by atoms with Crippen molar-refractivity contribution in [3.63, 3.8) is 0 Å². The Hall–Kier alpha value is -3.42. The summed E-state index contributed by atoms with van der Waals surface area (Å²) >= 11 is 7.60. The van der Waals surface area contributed by atoms with E-state index in [9.17, 15) is 14.7 Å². The number of rotatable bonds is 4. The third kappa shape index (κ3) is 3.39. The summed E-state index contributed by atoms with van der Waals surface area (Å²) in [6, 6.07) is 15.1. The van der Waals surface area contributed by atoms with E-state index in [1.165, 1.54) is 11.3 Å². The van der Waals surface area contributed by atoms with Gasteiger partial charge in [-0.25, -0.2) is 9.78 Å². The lowest BCUT2D eigenvalue weighted by Gasteiger charge is -2.13. The number of aromatic nitrogens is 3. The highest BCUT2D eigenvalue weighted by molar-refractivity contribution is 7.22. The Balaban J connectivity index is 1.76. The monoisotopic (exact) mass is 463 g/mol. The summed E-state index contributed by atoms with van der Waals surface area (Å²) in [6.45, 7) is 1.91. The van der Waals surface area contributed by atoms with Crippen LogP contribution in [0, 0.1) is 6.92 Å². The van der Waals surface area contributed by atoms with Gasteiger partial charge in [0.15, 0.2) is 0 Å². The number of carbonyl (C=O) groups is 1. The Kier molecular flexibility index (Phi) is 4.87. The SMILES string of the molecule is Cc1cc2nc(-c3ccc4c(c3)[nH]c(=O)n4C)sc2c(-c2ccc(Cl)cc2)c1CC(=O)O. The molecule has 0 bridgehead atoms. The molecule has 5 aromatic rings. The van der Waals surface area contributed by atoms with E-state index in [2.05, 4.69) is 4.98 Å². The number of imidazole rings is 1. The number of aromatic amines is 1. The predicted octanol–water partition coefficient (Wildman–Crippen LogP) is 5.40. The van der Waals surface area contributed by atoms with E-state index in [4.69, 9.17) is 16.6 Å². The molecule has 0 aliphatic heterocycles. The van der Waals surface area contributed by atoms with Gasteiger partial charge in [-0.05, 0) is 60.0 Å². The molecule has 0 aliphatic rings. The molecule has 2 aromatic heterocycles. The summed E-state index contributed by atoms with van der Waals surface area (Å²) in [5, 5.41) is 10.9. The molecule has 2 heterocycles. The maximum absolute atomic E-state index is 12.0. The molecule has 6 nitrogen and oxygen atoms in total.